The molecule has 0 aliphatic heterocycles. The monoisotopic (exact) mass is 440 g/mol. The Hall–Kier alpha value is -2.50. The molecule has 1 N–H and O–H groups in total. The zero-order valence-corrected chi connectivity index (χ0v) is 15.4. The average molecular weight is 440 g/mol. The van der Waals surface area contributed by atoms with Gasteiger partial charge in [-0.25, -0.2) is 4.98 Å². The zero-order chi connectivity index (χ0) is 21.4. The smallest absolute Gasteiger partial charge is 0.355 e. The molecule has 0 bridgehead atoms. The highest BCUT2D eigenvalue weighted by Crippen LogP contribution is 2.37. The number of benzene rings is 1. The molecule has 158 valence electrons. The quantitative estimate of drug-likeness (QED) is 0.414. The third-order valence-electron chi connectivity index (χ3n) is 4.30. The summed E-state index contributed by atoms with van der Waals surface area (Å²) >= 11 is 0. The van der Waals surface area contributed by atoms with Gasteiger partial charge in [-0.2, -0.15) is 34.8 Å². The van der Waals surface area contributed by atoms with Gasteiger partial charge in [0.25, 0.3) is 0 Å². The number of pyridine rings is 1. The molecule has 1 aliphatic carbocycles. The molecule has 0 saturated heterocycles. The van der Waals surface area contributed by atoms with Gasteiger partial charge in [-0.3, -0.25) is 0 Å². The highest BCUT2D eigenvalue weighted by Gasteiger charge is 2.49. The van der Waals surface area contributed by atoms with Crippen LogP contribution in [0.2, 0.25) is 0 Å². The van der Waals surface area contributed by atoms with Crippen LogP contribution in [0, 0.1) is 0 Å². The van der Waals surface area contributed by atoms with Crippen LogP contribution in [0.3, 0.4) is 0 Å². The molecule has 5 nitrogen and oxygen atoms in total. The van der Waals surface area contributed by atoms with Gasteiger partial charge in [-0.15, -0.1) is 0 Å². The predicted octanol–water partition coefficient (Wildman–Crippen LogP) is 4.95. The second kappa shape index (κ2) is 7.39. The van der Waals surface area contributed by atoms with E-state index in [0.29, 0.717) is 24.8 Å². The Balaban J connectivity index is 1.97. The van der Waals surface area contributed by atoms with Gasteiger partial charge in [0.15, 0.2) is 0 Å². The summed E-state index contributed by atoms with van der Waals surface area (Å²) < 4.78 is 103. The van der Waals surface area contributed by atoms with Crippen LogP contribution in [-0.4, -0.2) is 18.9 Å². The Bertz CT molecular complexity index is 1020. The molecule has 1 heterocycles. The molecule has 29 heavy (non-hydrogen) atoms. The summed E-state index contributed by atoms with van der Waals surface area (Å²) in [5, 5.41) is 2.78. The third kappa shape index (κ3) is 4.57. The lowest BCUT2D eigenvalue weighted by Gasteiger charge is -2.22. The minimum absolute atomic E-state index is 0.103. The van der Waals surface area contributed by atoms with Gasteiger partial charge >= 0.3 is 21.8 Å². The minimum atomic E-state index is -5.89. The standard InChI is InChI=1S/C17H14F6N2O3S/c18-16(19,20)10-4-3-5-11(8-10)25-14-9-24-15(13-7-2-1-6-12(13)14)28-29(26,27)17(21,22)23/h3-5,8-9,25H,1-2,6-7H2. The fourth-order valence-corrected chi connectivity index (χ4v) is 3.42. The molecule has 2 aromatic rings. The molecule has 0 atom stereocenters. The van der Waals surface area contributed by atoms with Crippen LogP contribution in [0.15, 0.2) is 30.5 Å². The van der Waals surface area contributed by atoms with Gasteiger partial charge in [0.05, 0.1) is 17.4 Å². The van der Waals surface area contributed by atoms with E-state index >= 15 is 0 Å². The first-order chi connectivity index (χ1) is 13.4. The molecular formula is C17H14F6N2O3S. The van der Waals surface area contributed by atoms with Crippen molar-refractivity contribution in [1.82, 2.24) is 4.98 Å². The number of hydrogen-bond donors (Lipinski definition) is 1. The number of anilines is 2. The first-order valence-corrected chi connectivity index (χ1v) is 9.75. The van der Waals surface area contributed by atoms with E-state index in [1.54, 1.807) is 0 Å². The lowest BCUT2D eigenvalue weighted by molar-refractivity contribution is -0.137. The maximum Gasteiger partial charge on any atom is 0.534 e. The van der Waals surface area contributed by atoms with Crippen LogP contribution in [-0.2, 0) is 29.1 Å². The van der Waals surface area contributed by atoms with Crippen molar-refractivity contribution < 1.29 is 38.9 Å². The first-order valence-electron chi connectivity index (χ1n) is 8.34. The molecule has 0 fully saturated rings. The maximum absolute atomic E-state index is 12.9. The van der Waals surface area contributed by atoms with E-state index < -0.39 is 33.2 Å². The van der Waals surface area contributed by atoms with Crippen molar-refractivity contribution in [2.24, 2.45) is 0 Å². The van der Waals surface area contributed by atoms with Gasteiger partial charge in [-0.1, -0.05) is 6.07 Å². The van der Waals surface area contributed by atoms with E-state index in [-0.39, 0.29) is 23.4 Å². The van der Waals surface area contributed by atoms with Gasteiger partial charge in [0.2, 0.25) is 5.88 Å². The number of halogens is 6. The van der Waals surface area contributed by atoms with Crippen molar-refractivity contribution in [2.45, 2.75) is 37.4 Å². The molecule has 0 unspecified atom stereocenters. The SMILES string of the molecule is O=S(=O)(Oc1ncc(Nc2cccc(C(F)(F)F)c2)c2c1CCCC2)C(F)(F)F. The molecule has 0 amide bonds. The van der Waals surface area contributed by atoms with E-state index in [1.807, 2.05) is 0 Å². The van der Waals surface area contributed by atoms with Crippen molar-refractivity contribution in [2.75, 3.05) is 5.32 Å². The number of fused-ring (bicyclic) bond motifs is 1. The Morgan fingerprint density at radius 3 is 2.28 bits per heavy atom. The lowest BCUT2D eigenvalue weighted by atomic mass is 9.91. The summed E-state index contributed by atoms with van der Waals surface area (Å²) in [6.45, 7) is 0. The van der Waals surface area contributed by atoms with E-state index in [1.165, 1.54) is 12.1 Å². The van der Waals surface area contributed by atoms with Crippen molar-refractivity contribution in [3.63, 3.8) is 0 Å². The number of nitrogens with zero attached hydrogens (tertiary/aromatic N) is 1. The molecule has 1 aromatic carbocycles. The van der Waals surface area contributed by atoms with E-state index in [0.717, 1.165) is 18.3 Å². The normalized spacial score (nSPS) is 15.0. The first kappa shape index (κ1) is 21.2. The fourth-order valence-electron chi connectivity index (χ4n) is 2.98. The second-order valence-electron chi connectivity index (χ2n) is 6.33. The Kier molecular flexibility index (Phi) is 5.41. The maximum atomic E-state index is 12.9. The molecule has 0 saturated carbocycles. The van der Waals surface area contributed by atoms with Crippen LogP contribution >= 0.6 is 0 Å². The summed E-state index contributed by atoms with van der Waals surface area (Å²) in [4.78, 5) is 3.67. The van der Waals surface area contributed by atoms with E-state index in [2.05, 4.69) is 14.5 Å². The van der Waals surface area contributed by atoms with Crippen molar-refractivity contribution in [1.29, 1.82) is 0 Å². The Morgan fingerprint density at radius 2 is 1.66 bits per heavy atom. The summed E-state index contributed by atoms with van der Waals surface area (Å²) in [6, 6.07) is 4.38. The largest absolute Gasteiger partial charge is 0.534 e. The van der Waals surface area contributed by atoms with E-state index in [9.17, 15) is 34.8 Å². The Morgan fingerprint density at radius 1 is 1.00 bits per heavy atom. The van der Waals surface area contributed by atoms with Gasteiger partial charge < -0.3 is 9.50 Å². The van der Waals surface area contributed by atoms with Gasteiger partial charge in [-0.05, 0) is 49.4 Å². The number of hydrogen-bond acceptors (Lipinski definition) is 5. The van der Waals surface area contributed by atoms with Crippen molar-refractivity contribution >= 4 is 21.5 Å². The molecule has 1 aliphatic rings. The predicted molar refractivity (Wildman–Crippen MR) is 91.2 cm³/mol. The third-order valence-corrected chi connectivity index (χ3v) is 5.25. The molecular weight excluding hydrogens is 426 g/mol. The zero-order valence-electron chi connectivity index (χ0n) is 14.6. The summed E-state index contributed by atoms with van der Waals surface area (Å²) in [5.41, 5.74) is -5.47. The fraction of sp³-hybridized carbons (Fsp3) is 0.353. The minimum Gasteiger partial charge on any atom is -0.355 e. The van der Waals surface area contributed by atoms with Crippen LogP contribution in [0.25, 0.3) is 0 Å². The van der Waals surface area contributed by atoms with Crippen molar-refractivity contribution in [3.8, 4) is 5.88 Å². The molecule has 3 rings (SSSR count). The van der Waals surface area contributed by atoms with Crippen LogP contribution in [0.4, 0.5) is 37.7 Å². The van der Waals surface area contributed by atoms with Gasteiger partial charge in [0, 0.05) is 11.3 Å². The number of nitrogens with one attached hydrogen (secondary N) is 1. The summed E-state index contributed by atoms with van der Waals surface area (Å²) in [6.07, 6.45) is -1.65. The van der Waals surface area contributed by atoms with Crippen LogP contribution < -0.4 is 9.50 Å². The molecule has 1 aromatic heterocycles. The lowest BCUT2D eigenvalue weighted by Crippen LogP contribution is -2.29. The highest BCUT2D eigenvalue weighted by atomic mass is 32.2. The second-order valence-corrected chi connectivity index (χ2v) is 7.87. The molecule has 12 heteroatoms. The van der Waals surface area contributed by atoms with Crippen LogP contribution in [0.1, 0.15) is 29.5 Å². The van der Waals surface area contributed by atoms with E-state index in [4.69, 9.17) is 0 Å². The summed E-state index contributed by atoms with van der Waals surface area (Å²) in [7, 11) is -5.89. The van der Waals surface area contributed by atoms with Crippen molar-refractivity contribution in [3.05, 3.63) is 47.2 Å². The average Bonchev–Trinajstić information content (AvgIpc) is 2.62. The highest BCUT2D eigenvalue weighted by molar-refractivity contribution is 7.87. The topological polar surface area (TPSA) is 68.3 Å². The number of aromatic nitrogens is 1. The number of rotatable bonds is 4. The Labute approximate surface area is 161 Å². The molecule has 0 radical (unpaired) electrons. The number of alkyl halides is 6. The van der Waals surface area contributed by atoms with Gasteiger partial charge in [0.1, 0.15) is 0 Å². The summed E-state index contributed by atoms with van der Waals surface area (Å²) in [5.74, 6) is -0.674. The van der Waals surface area contributed by atoms with Crippen LogP contribution in [0.5, 0.6) is 5.88 Å². The molecule has 0 spiro atoms.